The average molecular weight is 138 g/mol. The van der Waals surface area contributed by atoms with Crippen molar-refractivity contribution in [1.29, 1.82) is 0 Å². The van der Waals surface area contributed by atoms with Crippen LogP contribution in [-0.2, 0) is 0 Å². The number of allylic oxidation sites excluding steroid dienone is 1. The van der Waals surface area contributed by atoms with Crippen molar-refractivity contribution in [2.75, 3.05) is 0 Å². The Balaban J connectivity index is 2.33. The fourth-order valence-electron chi connectivity index (χ4n) is 1.58. The molecule has 0 aliphatic heterocycles. The molecule has 0 heteroatoms. The van der Waals surface area contributed by atoms with E-state index in [0.717, 1.165) is 12.3 Å². The molecule has 0 bridgehead atoms. The summed E-state index contributed by atoms with van der Waals surface area (Å²) in [6.07, 6.45) is 3.82. The molecular weight excluding hydrogens is 120 g/mol. The summed E-state index contributed by atoms with van der Waals surface area (Å²) in [4.78, 5) is 0. The van der Waals surface area contributed by atoms with Crippen molar-refractivity contribution >= 4 is 0 Å². The van der Waals surface area contributed by atoms with E-state index in [2.05, 4.69) is 27.4 Å². The van der Waals surface area contributed by atoms with E-state index in [-0.39, 0.29) is 0 Å². The first-order chi connectivity index (χ1) is 4.58. The van der Waals surface area contributed by atoms with Gasteiger partial charge in [-0.3, -0.25) is 0 Å². The molecular formula is C10H18. The van der Waals surface area contributed by atoms with Gasteiger partial charge in [-0.15, -0.1) is 0 Å². The maximum Gasteiger partial charge on any atom is -0.0260 e. The lowest BCUT2D eigenvalue weighted by Gasteiger charge is -2.09. The highest BCUT2D eigenvalue weighted by Gasteiger charge is 2.45. The molecule has 0 aromatic heterocycles. The van der Waals surface area contributed by atoms with Crippen LogP contribution < -0.4 is 0 Å². The molecule has 0 N–H and O–H groups in total. The second-order valence-electron chi connectivity index (χ2n) is 4.04. The molecule has 0 aromatic rings. The molecule has 1 fully saturated rings. The Labute approximate surface area is 64.3 Å². The van der Waals surface area contributed by atoms with Crippen molar-refractivity contribution < 1.29 is 0 Å². The summed E-state index contributed by atoms with van der Waals surface area (Å²) in [5.74, 6) is 0.941. The first kappa shape index (κ1) is 7.84. The first-order valence-electron chi connectivity index (χ1n) is 4.25. The Morgan fingerprint density at radius 2 is 2.20 bits per heavy atom. The average Bonchev–Trinajstić information content (AvgIpc) is 2.40. The van der Waals surface area contributed by atoms with E-state index >= 15 is 0 Å². The topological polar surface area (TPSA) is 0 Å². The zero-order valence-corrected chi connectivity index (χ0v) is 7.41. The van der Waals surface area contributed by atoms with Crippen LogP contribution in [0.15, 0.2) is 12.2 Å². The molecule has 0 aromatic carbocycles. The van der Waals surface area contributed by atoms with Crippen LogP contribution in [0.4, 0.5) is 0 Å². The molecule has 0 nitrogen and oxygen atoms in total. The maximum atomic E-state index is 4.03. The number of rotatable bonds is 3. The number of hydrogen-bond acceptors (Lipinski definition) is 0. The van der Waals surface area contributed by atoms with Gasteiger partial charge in [-0.1, -0.05) is 32.9 Å². The van der Waals surface area contributed by atoms with Crippen molar-refractivity contribution in [2.45, 2.75) is 40.0 Å². The Hall–Kier alpha value is -0.260. The zero-order valence-electron chi connectivity index (χ0n) is 7.41. The Kier molecular flexibility index (Phi) is 1.89. The largest absolute Gasteiger partial charge is 0.0999 e. The Morgan fingerprint density at radius 1 is 1.70 bits per heavy atom. The molecule has 0 radical (unpaired) electrons. The van der Waals surface area contributed by atoms with Crippen LogP contribution in [-0.4, -0.2) is 0 Å². The summed E-state index contributed by atoms with van der Waals surface area (Å²) in [7, 11) is 0. The van der Waals surface area contributed by atoms with Gasteiger partial charge in [-0.25, -0.2) is 0 Å². The van der Waals surface area contributed by atoms with Crippen molar-refractivity contribution in [3.8, 4) is 0 Å². The highest BCUT2D eigenvalue weighted by atomic mass is 14.5. The molecule has 1 rings (SSSR count). The molecule has 10 heavy (non-hydrogen) atoms. The summed E-state index contributed by atoms with van der Waals surface area (Å²) in [6, 6.07) is 0. The zero-order chi connectivity index (χ0) is 7.78. The third-order valence-corrected chi connectivity index (χ3v) is 2.96. The smallest absolute Gasteiger partial charge is 0.0260 e. The van der Waals surface area contributed by atoms with Crippen LogP contribution in [0.25, 0.3) is 0 Å². The minimum atomic E-state index is 0.632. The van der Waals surface area contributed by atoms with Crippen LogP contribution in [0.5, 0.6) is 0 Å². The van der Waals surface area contributed by atoms with E-state index in [9.17, 15) is 0 Å². The summed E-state index contributed by atoms with van der Waals surface area (Å²) in [5.41, 5.74) is 2.06. The summed E-state index contributed by atoms with van der Waals surface area (Å²) < 4.78 is 0. The normalized spacial score (nSPS) is 37.7. The highest BCUT2D eigenvalue weighted by molar-refractivity contribution is 5.07. The van der Waals surface area contributed by atoms with Gasteiger partial charge in [0.25, 0.3) is 0 Å². The Bertz CT molecular complexity index is 146. The number of hydrogen-bond donors (Lipinski definition) is 0. The van der Waals surface area contributed by atoms with Crippen LogP contribution >= 0.6 is 0 Å². The van der Waals surface area contributed by atoms with Crippen LogP contribution in [0.3, 0.4) is 0 Å². The monoisotopic (exact) mass is 138 g/mol. The molecule has 0 saturated heterocycles. The quantitative estimate of drug-likeness (QED) is 0.524. The summed E-state index contributed by atoms with van der Waals surface area (Å²) >= 11 is 0. The van der Waals surface area contributed by atoms with Crippen LogP contribution in [0.2, 0.25) is 0 Å². The maximum absolute atomic E-state index is 4.03. The molecule has 1 aliphatic rings. The lowest BCUT2D eigenvalue weighted by Crippen LogP contribution is -1.97. The standard InChI is InChI=1S/C10H18/c1-5-8(2)6-10(4)7-9(10)3/h9H,2,5-7H2,1,3-4H3. The van der Waals surface area contributed by atoms with E-state index in [1.807, 2.05) is 0 Å². The van der Waals surface area contributed by atoms with E-state index in [1.54, 1.807) is 0 Å². The van der Waals surface area contributed by atoms with Gasteiger partial charge < -0.3 is 0 Å². The second-order valence-corrected chi connectivity index (χ2v) is 4.04. The predicted molar refractivity (Wildman–Crippen MR) is 45.9 cm³/mol. The lowest BCUT2D eigenvalue weighted by atomic mass is 9.96. The van der Waals surface area contributed by atoms with Gasteiger partial charge in [-0.2, -0.15) is 0 Å². The molecule has 2 atom stereocenters. The van der Waals surface area contributed by atoms with Crippen molar-refractivity contribution in [2.24, 2.45) is 11.3 Å². The van der Waals surface area contributed by atoms with E-state index in [1.165, 1.54) is 18.4 Å². The molecule has 1 aliphatic carbocycles. The van der Waals surface area contributed by atoms with Gasteiger partial charge in [0, 0.05) is 0 Å². The van der Waals surface area contributed by atoms with Crippen molar-refractivity contribution in [3.05, 3.63) is 12.2 Å². The molecule has 0 amide bonds. The van der Waals surface area contributed by atoms with Crippen molar-refractivity contribution in [3.63, 3.8) is 0 Å². The van der Waals surface area contributed by atoms with Gasteiger partial charge in [0.2, 0.25) is 0 Å². The molecule has 1 saturated carbocycles. The highest BCUT2D eigenvalue weighted by Crippen LogP contribution is 2.55. The van der Waals surface area contributed by atoms with Gasteiger partial charge in [0.1, 0.15) is 0 Å². The third-order valence-electron chi connectivity index (χ3n) is 2.96. The van der Waals surface area contributed by atoms with Crippen LogP contribution in [0.1, 0.15) is 40.0 Å². The molecule has 0 spiro atoms. The molecule has 2 unspecified atom stereocenters. The predicted octanol–water partition coefficient (Wildman–Crippen LogP) is 3.39. The van der Waals surface area contributed by atoms with Gasteiger partial charge >= 0.3 is 0 Å². The fraction of sp³-hybridized carbons (Fsp3) is 0.800. The van der Waals surface area contributed by atoms with Crippen LogP contribution in [0, 0.1) is 11.3 Å². The fourth-order valence-corrected chi connectivity index (χ4v) is 1.58. The minimum Gasteiger partial charge on any atom is -0.0999 e. The third kappa shape index (κ3) is 1.42. The second kappa shape index (κ2) is 2.41. The van der Waals surface area contributed by atoms with E-state index in [4.69, 9.17) is 0 Å². The van der Waals surface area contributed by atoms with Gasteiger partial charge in [-0.05, 0) is 30.6 Å². The first-order valence-corrected chi connectivity index (χ1v) is 4.25. The lowest BCUT2D eigenvalue weighted by molar-refractivity contribution is 0.510. The SMILES string of the molecule is C=C(CC)CC1(C)CC1C. The van der Waals surface area contributed by atoms with Gasteiger partial charge in [0.15, 0.2) is 0 Å². The molecule has 58 valence electrons. The van der Waals surface area contributed by atoms with E-state index in [0.29, 0.717) is 5.41 Å². The van der Waals surface area contributed by atoms with Crippen molar-refractivity contribution in [1.82, 2.24) is 0 Å². The van der Waals surface area contributed by atoms with E-state index < -0.39 is 0 Å². The Morgan fingerprint density at radius 3 is 2.50 bits per heavy atom. The minimum absolute atomic E-state index is 0.632. The van der Waals surface area contributed by atoms with Gasteiger partial charge in [0.05, 0.1) is 0 Å². The molecule has 0 heterocycles. The summed E-state index contributed by atoms with van der Waals surface area (Å²) in [5, 5.41) is 0. The summed E-state index contributed by atoms with van der Waals surface area (Å²) in [6.45, 7) is 10.9.